The summed E-state index contributed by atoms with van der Waals surface area (Å²) in [6.07, 6.45) is 3.28. The largest absolute Gasteiger partial charge is 0.383 e. The standard InChI is InChI=1S/C16H30ClN3O/c1-6-8-16(4,12-18-9-10-21-5)11-14-15(17)13(3)19-20(14)7-2/h18H,6-12H2,1-5H3. The maximum absolute atomic E-state index is 6.46. The molecule has 1 atom stereocenters. The summed E-state index contributed by atoms with van der Waals surface area (Å²) in [4.78, 5) is 0. The van der Waals surface area contributed by atoms with Gasteiger partial charge in [0, 0.05) is 26.7 Å². The molecule has 1 rings (SSSR count). The number of rotatable bonds is 10. The lowest BCUT2D eigenvalue weighted by molar-refractivity contribution is 0.189. The molecule has 0 saturated carbocycles. The van der Waals surface area contributed by atoms with E-state index in [4.69, 9.17) is 16.3 Å². The normalized spacial score (nSPS) is 14.4. The maximum atomic E-state index is 6.46. The van der Waals surface area contributed by atoms with Crippen molar-refractivity contribution in [3.05, 3.63) is 16.4 Å². The minimum Gasteiger partial charge on any atom is -0.383 e. The zero-order valence-electron chi connectivity index (χ0n) is 14.1. The molecule has 1 unspecified atom stereocenters. The van der Waals surface area contributed by atoms with Gasteiger partial charge in [-0.25, -0.2) is 0 Å². The highest BCUT2D eigenvalue weighted by molar-refractivity contribution is 6.31. The number of halogens is 1. The van der Waals surface area contributed by atoms with E-state index in [2.05, 4.69) is 31.2 Å². The van der Waals surface area contributed by atoms with Crippen LogP contribution in [0.2, 0.25) is 5.02 Å². The Balaban J connectivity index is 2.81. The minimum absolute atomic E-state index is 0.186. The highest BCUT2D eigenvalue weighted by Gasteiger charge is 2.27. The van der Waals surface area contributed by atoms with Crippen LogP contribution in [0.25, 0.3) is 0 Å². The molecule has 122 valence electrons. The summed E-state index contributed by atoms with van der Waals surface area (Å²) in [6, 6.07) is 0. The molecule has 0 aliphatic heterocycles. The van der Waals surface area contributed by atoms with E-state index in [-0.39, 0.29) is 5.41 Å². The number of methoxy groups -OCH3 is 1. The van der Waals surface area contributed by atoms with E-state index in [1.165, 1.54) is 12.1 Å². The SMILES string of the molecule is CCCC(C)(CNCCOC)Cc1c(Cl)c(C)nn1CC. The van der Waals surface area contributed by atoms with Crippen molar-refractivity contribution in [2.45, 2.75) is 53.5 Å². The molecule has 21 heavy (non-hydrogen) atoms. The number of hydrogen-bond acceptors (Lipinski definition) is 3. The molecular weight excluding hydrogens is 286 g/mol. The van der Waals surface area contributed by atoms with E-state index in [1.807, 2.05) is 11.6 Å². The average molecular weight is 316 g/mol. The van der Waals surface area contributed by atoms with Gasteiger partial charge in [-0.1, -0.05) is 31.9 Å². The number of hydrogen-bond donors (Lipinski definition) is 1. The molecule has 4 nitrogen and oxygen atoms in total. The van der Waals surface area contributed by atoms with Crippen LogP contribution in [0.1, 0.15) is 45.0 Å². The van der Waals surface area contributed by atoms with Crippen molar-refractivity contribution in [2.75, 3.05) is 26.8 Å². The number of nitrogens with one attached hydrogen (secondary N) is 1. The summed E-state index contributed by atoms with van der Waals surface area (Å²) in [5.41, 5.74) is 2.28. The first-order valence-electron chi connectivity index (χ1n) is 7.88. The van der Waals surface area contributed by atoms with Crippen LogP contribution in [0.3, 0.4) is 0 Å². The van der Waals surface area contributed by atoms with Crippen LogP contribution < -0.4 is 5.32 Å². The quantitative estimate of drug-likeness (QED) is 0.672. The lowest BCUT2D eigenvalue weighted by atomic mass is 9.81. The molecule has 0 aromatic carbocycles. The van der Waals surface area contributed by atoms with Crippen molar-refractivity contribution in [3.63, 3.8) is 0 Å². The second-order valence-electron chi connectivity index (χ2n) is 6.07. The maximum Gasteiger partial charge on any atom is 0.0847 e. The van der Waals surface area contributed by atoms with Gasteiger partial charge in [-0.05, 0) is 32.1 Å². The van der Waals surface area contributed by atoms with Crippen molar-refractivity contribution in [1.82, 2.24) is 15.1 Å². The van der Waals surface area contributed by atoms with Crippen LogP contribution in [0, 0.1) is 12.3 Å². The summed E-state index contributed by atoms with van der Waals surface area (Å²) in [7, 11) is 1.73. The van der Waals surface area contributed by atoms with E-state index in [0.29, 0.717) is 0 Å². The second-order valence-corrected chi connectivity index (χ2v) is 6.45. The Labute approximate surface area is 134 Å². The minimum atomic E-state index is 0.186. The lowest BCUT2D eigenvalue weighted by Gasteiger charge is -2.30. The number of nitrogens with zero attached hydrogens (tertiary/aromatic N) is 2. The molecule has 1 aromatic heterocycles. The molecule has 5 heteroatoms. The number of aromatic nitrogens is 2. The Bertz CT molecular complexity index is 433. The van der Waals surface area contributed by atoms with Crippen molar-refractivity contribution in [1.29, 1.82) is 0 Å². The van der Waals surface area contributed by atoms with Crippen molar-refractivity contribution in [3.8, 4) is 0 Å². The Morgan fingerprint density at radius 3 is 2.67 bits per heavy atom. The Morgan fingerprint density at radius 1 is 1.38 bits per heavy atom. The van der Waals surface area contributed by atoms with E-state index in [1.54, 1.807) is 7.11 Å². The van der Waals surface area contributed by atoms with Crippen LogP contribution in [0.5, 0.6) is 0 Å². The van der Waals surface area contributed by atoms with Gasteiger partial charge in [0.2, 0.25) is 0 Å². The lowest BCUT2D eigenvalue weighted by Crippen LogP contribution is -2.36. The second kappa shape index (κ2) is 8.76. The van der Waals surface area contributed by atoms with Gasteiger partial charge in [0.15, 0.2) is 0 Å². The topological polar surface area (TPSA) is 39.1 Å². The van der Waals surface area contributed by atoms with Gasteiger partial charge in [-0.3, -0.25) is 4.68 Å². The van der Waals surface area contributed by atoms with Gasteiger partial charge in [-0.15, -0.1) is 0 Å². The molecule has 1 N–H and O–H groups in total. The first kappa shape index (κ1) is 18.5. The summed E-state index contributed by atoms with van der Waals surface area (Å²) in [6.45, 7) is 12.1. The van der Waals surface area contributed by atoms with E-state index < -0.39 is 0 Å². The zero-order valence-corrected chi connectivity index (χ0v) is 14.9. The Morgan fingerprint density at radius 2 is 2.10 bits per heavy atom. The Hall–Kier alpha value is -0.580. The van der Waals surface area contributed by atoms with Gasteiger partial charge in [0.05, 0.1) is 23.0 Å². The van der Waals surface area contributed by atoms with Crippen LogP contribution >= 0.6 is 11.6 Å². The molecule has 0 amide bonds. The van der Waals surface area contributed by atoms with Crippen LogP contribution in [0.4, 0.5) is 0 Å². The third-order valence-electron chi connectivity index (χ3n) is 3.94. The molecule has 0 radical (unpaired) electrons. The molecular formula is C16H30ClN3O. The van der Waals surface area contributed by atoms with Crippen molar-refractivity contribution in [2.24, 2.45) is 5.41 Å². The zero-order chi connectivity index (χ0) is 15.9. The Kier molecular flexibility index (Phi) is 7.71. The van der Waals surface area contributed by atoms with E-state index >= 15 is 0 Å². The molecule has 0 spiro atoms. The molecule has 1 heterocycles. The fourth-order valence-electron chi connectivity index (χ4n) is 2.85. The molecule has 1 aromatic rings. The van der Waals surface area contributed by atoms with E-state index in [0.717, 1.165) is 49.8 Å². The summed E-state index contributed by atoms with van der Waals surface area (Å²) in [5.74, 6) is 0. The number of ether oxygens (including phenoxy) is 1. The summed E-state index contributed by atoms with van der Waals surface area (Å²) in [5, 5.41) is 8.85. The van der Waals surface area contributed by atoms with Crippen LogP contribution in [0.15, 0.2) is 0 Å². The van der Waals surface area contributed by atoms with Crippen LogP contribution in [-0.4, -0.2) is 36.6 Å². The first-order chi connectivity index (χ1) is 9.97. The smallest absolute Gasteiger partial charge is 0.0847 e. The number of aryl methyl sites for hydroxylation is 2. The first-order valence-corrected chi connectivity index (χ1v) is 8.26. The monoisotopic (exact) mass is 315 g/mol. The highest BCUT2D eigenvalue weighted by atomic mass is 35.5. The molecule has 0 aliphatic carbocycles. The van der Waals surface area contributed by atoms with Crippen molar-refractivity contribution < 1.29 is 4.74 Å². The van der Waals surface area contributed by atoms with Gasteiger partial charge in [-0.2, -0.15) is 5.10 Å². The third kappa shape index (κ3) is 5.28. The van der Waals surface area contributed by atoms with Gasteiger partial charge in [0.25, 0.3) is 0 Å². The van der Waals surface area contributed by atoms with Crippen LogP contribution in [-0.2, 0) is 17.7 Å². The van der Waals surface area contributed by atoms with E-state index in [9.17, 15) is 0 Å². The van der Waals surface area contributed by atoms with Gasteiger partial charge < -0.3 is 10.1 Å². The molecule has 0 aliphatic rings. The fourth-order valence-corrected chi connectivity index (χ4v) is 3.05. The molecule has 0 bridgehead atoms. The predicted octanol–water partition coefficient (Wildman–Crippen LogP) is 3.45. The summed E-state index contributed by atoms with van der Waals surface area (Å²) >= 11 is 6.46. The average Bonchev–Trinajstić information content (AvgIpc) is 2.71. The highest BCUT2D eigenvalue weighted by Crippen LogP contribution is 2.32. The fraction of sp³-hybridized carbons (Fsp3) is 0.812. The van der Waals surface area contributed by atoms with Gasteiger partial charge in [0.1, 0.15) is 0 Å². The van der Waals surface area contributed by atoms with Crippen molar-refractivity contribution >= 4 is 11.6 Å². The summed E-state index contributed by atoms with van der Waals surface area (Å²) < 4.78 is 7.14. The third-order valence-corrected chi connectivity index (χ3v) is 4.43. The molecule has 0 fully saturated rings. The van der Waals surface area contributed by atoms with Gasteiger partial charge >= 0.3 is 0 Å². The molecule has 0 saturated heterocycles. The predicted molar refractivity (Wildman–Crippen MR) is 89.1 cm³/mol.